The van der Waals surface area contributed by atoms with Crippen LogP contribution in [0, 0.1) is 0 Å². The van der Waals surface area contributed by atoms with Gasteiger partial charge in [-0.05, 0) is 25.7 Å². The average molecular weight is 234 g/mol. The fraction of sp³-hybridized carbons (Fsp3) is 0.692. The lowest BCUT2D eigenvalue weighted by atomic mass is 10.1. The van der Waals surface area contributed by atoms with Gasteiger partial charge in [-0.25, -0.2) is 0 Å². The summed E-state index contributed by atoms with van der Waals surface area (Å²) >= 11 is 0. The summed E-state index contributed by atoms with van der Waals surface area (Å²) in [5.74, 6) is 0.344. The largest absolute Gasteiger partial charge is 0.337 e. The van der Waals surface area contributed by atoms with Crippen molar-refractivity contribution >= 4 is 11.8 Å². The van der Waals surface area contributed by atoms with Gasteiger partial charge >= 0.3 is 0 Å². The van der Waals surface area contributed by atoms with E-state index in [9.17, 15) is 9.59 Å². The Kier molecular flexibility index (Phi) is 2.65. The van der Waals surface area contributed by atoms with Crippen LogP contribution in [0.2, 0.25) is 0 Å². The van der Waals surface area contributed by atoms with Crippen LogP contribution in [0.25, 0.3) is 0 Å². The Balaban J connectivity index is 1.81. The molecule has 92 valence electrons. The van der Waals surface area contributed by atoms with E-state index in [0.29, 0.717) is 19.0 Å². The van der Waals surface area contributed by atoms with Gasteiger partial charge in [0.15, 0.2) is 0 Å². The molecule has 2 amide bonds. The molecule has 0 bridgehead atoms. The van der Waals surface area contributed by atoms with Crippen LogP contribution in [0.1, 0.15) is 32.1 Å². The maximum absolute atomic E-state index is 12.5. The van der Waals surface area contributed by atoms with E-state index in [4.69, 9.17) is 0 Å². The molecule has 2 heterocycles. The lowest BCUT2D eigenvalue weighted by Crippen LogP contribution is -2.46. The fourth-order valence-electron chi connectivity index (χ4n) is 3.20. The molecule has 0 N–H and O–H groups in total. The molecule has 2 saturated heterocycles. The normalized spacial score (nSPS) is 30.0. The van der Waals surface area contributed by atoms with Crippen LogP contribution >= 0.6 is 0 Å². The Hall–Kier alpha value is -1.32. The summed E-state index contributed by atoms with van der Waals surface area (Å²) in [6, 6.07) is 0.140. The summed E-state index contributed by atoms with van der Waals surface area (Å²) in [6.07, 6.45) is 8.49. The van der Waals surface area contributed by atoms with E-state index < -0.39 is 0 Å². The van der Waals surface area contributed by atoms with Crippen molar-refractivity contribution in [3.8, 4) is 0 Å². The molecular weight excluding hydrogens is 216 g/mol. The van der Waals surface area contributed by atoms with Crippen molar-refractivity contribution in [2.24, 2.45) is 0 Å². The first-order valence-corrected chi connectivity index (χ1v) is 6.52. The highest BCUT2D eigenvalue weighted by molar-refractivity contribution is 5.90. The van der Waals surface area contributed by atoms with Crippen molar-refractivity contribution in [1.82, 2.24) is 9.80 Å². The quantitative estimate of drug-likeness (QED) is 0.633. The molecule has 4 nitrogen and oxygen atoms in total. The zero-order valence-electron chi connectivity index (χ0n) is 9.97. The Bertz CT molecular complexity index is 370. The second-order valence-corrected chi connectivity index (χ2v) is 5.12. The zero-order valence-corrected chi connectivity index (χ0v) is 9.97. The molecule has 17 heavy (non-hydrogen) atoms. The van der Waals surface area contributed by atoms with Crippen molar-refractivity contribution in [2.45, 2.75) is 44.2 Å². The number of rotatable bonds is 1. The van der Waals surface area contributed by atoms with Crippen LogP contribution in [0.3, 0.4) is 0 Å². The van der Waals surface area contributed by atoms with Crippen molar-refractivity contribution in [3.05, 3.63) is 12.2 Å². The SMILES string of the molecule is O=C1C2CCCN2C(=O)CCN1C1CC=CC1. The third-order valence-electron chi connectivity index (χ3n) is 4.13. The van der Waals surface area contributed by atoms with E-state index in [0.717, 1.165) is 32.2 Å². The number of carbonyl (C=O) groups is 2. The van der Waals surface area contributed by atoms with Gasteiger partial charge in [-0.2, -0.15) is 0 Å². The molecule has 0 aromatic carbocycles. The molecule has 0 spiro atoms. The molecule has 4 heteroatoms. The highest BCUT2D eigenvalue weighted by atomic mass is 16.2. The Morgan fingerprint density at radius 1 is 1.06 bits per heavy atom. The number of nitrogens with zero attached hydrogens (tertiary/aromatic N) is 2. The molecule has 3 rings (SSSR count). The number of carbonyl (C=O) groups excluding carboxylic acids is 2. The molecular formula is C13H18N2O2. The second kappa shape index (κ2) is 4.17. The number of fused-ring (bicyclic) bond motifs is 1. The third-order valence-corrected chi connectivity index (χ3v) is 4.13. The first-order valence-electron chi connectivity index (χ1n) is 6.52. The maximum atomic E-state index is 12.5. The Morgan fingerprint density at radius 3 is 2.59 bits per heavy atom. The lowest BCUT2D eigenvalue weighted by molar-refractivity contribution is -0.140. The van der Waals surface area contributed by atoms with Gasteiger partial charge in [0, 0.05) is 25.6 Å². The predicted molar refractivity (Wildman–Crippen MR) is 63.2 cm³/mol. The van der Waals surface area contributed by atoms with E-state index in [1.165, 1.54) is 0 Å². The smallest absolute Gasteiger partial charge is 0.245 e. The minimum absolute atomic E-state index is 0.161. The van der Waals surface area contributed by atoms with Crippen molar-refractivity contribution in [2.75, 3.05) is 13.1 Å². The van der Waals surface area contributed by atoms with Gasteiger partial charge < -0.3 is 9.80 Å². The van der Waals surface area contributed by atoms with Crippen molar-refractivity contribution in [1.29, 1.82) is 0 Å². The van der Waals surface area contributed by atoms with Gasteiger partial charge in [0.2, 0.25) is 11.8 Å². The second-order valence-electron chi connectivity index (χ2n) is 5.12. The molecule has 2 aliphatic heterocycles. The summed E-state index contributed by atoms with van der Waals surface area (Å²) < 4.78 is 0. The number of hydrogen-bond acceptors (Lipinski definition) is 2. The van der Waals surface area contributed by atoms with Crippen LogP contribution in [0.15, 0.2) is 12.2 Å². The molecule has 2 fully saturated rings. The minimum Gasteiger partial charge on any atom is -0.337 e. The average Bonchev–Trinajstić information content (AvgIpc) is 2.98. The topological polar surface area (TPSA) is 40.6 Å². The number of hydrogen-bond donors (Lipinski definition) is 0. The Morgan fingerprint density at radius 2 is 1.82 bits per heavy atom. The molecule has 0 saturated carbocycles. The summed E-state index contributed by atoms with van der Waals surface area (Å²) in [5, 5.41) is 0. The fourth-order valence-corrected chi connectivity index (χ4v) is 3.20. The first-order chi connectivity index (χ1) is 8.27. The predicted octanol–water partition coefficient (Wildman–Crippen LogP) is 0.928. The van der Waals surface area contributed by atoms with E-state index >= 15 is 0 Å². The van der Waals surface area contributed by atoms with Crippen LogP contribution < -0.4 is 0 Å². The summed E-state index contributed by atoms with van der Waals surface area (Å²) in [4.78, 5) is 28.1. The number of amides is 2. The third kappa shape index (κ3) is 1.75. The van der Waals surface area contributed by atoms with E-state index in [-0.39, 0.29) is 17.9 Å². The summed E-state index contributed by atoms with van der Waals surface area (Å²) in [6.45, 7) is 1.38. The highest BCUT2D eigenvalue weighted by Gasteiger charge is 2.41. The summed E-state index contributed by atoms with van der Waals surface area (Å²) in [7, 11) is 0. The standard InChI is InChI=1S/C13H18N2O2/c16-12-7-9-14(10-4-1-2-5-10)13(17)11-6-3-8-15(11)12/h1-2,10-11H,3-9H2. The van der Waals surface area contributed by atoms with E-state index in [2.05, 4.69) is 12.2 Å². The molecule has 1 aliphatic carbocycles. The van der Waals surface area contributed by atoms with Crippen LogP contribution in [-0.2, 0) is 9.59 Å². The van der Waals surface area contributed by atoms with Gasteiger partial charge in [-0.3, -0.25) is 9.59 Å². The molecule has 3 aliphatic rings. The monoisotopic (exact) mass is 234 g/mol. The van der Waals surface area contributed by atoms with E-state index in [1.807, 2.05) is 4.90 Å². The molecule has 1 unspecified atom stereocenters. The van der Waals surface area contributed by atoms with Crippen LogP contribution in [0.5, 0.6) is 0 Å². The molecule has 0 aromatic rings. The Labute approximate surface area is 101 Å². The maximum Gasteiger partial charge on any atom is 0.245 e. The lowest BCUT2D eigenvalue weighted by Gasteiger charge is -2.30. The van der Waals surface area contributed by atoms with Crippen molar-refractivity contribution in [3.63, 3.8) is 0 Å². The van der Waals surface area contributed by atoms with Gasteiger partial charge in [-0.15, -0.1) is 0 Å². The van der Waals surface area contributed by atoms with Crippen LogP contribution in [-0.4, -0.2) is 46.8 Å². The van der Waals surface area contributed by atoms with Gasteiger partial charge in [0.25, 0.3) is 0 Å². The van der Waals surface area contributed by atoms with Crippen LogP contribution in [0.4, 0.5) is 0 Å². The van der Waals surface area contributed by atoms with Gasteiger partial charge in [0.05, 0.1) is 0 Å². The molecule has 0 aromatic heterocycles. The van der Waals surface area contributed by atoms with Gasteiger partial charge in [0.1, 0.15) is 6.04 Å². The van der Waals surface area contributed by atoms with Crippen molar-refractivity contribution < 1.29 is 9.59 Å². The zero-order chi connectivity index (χ0) is 11.8. The first kappa shape index (κ1) is 10.8. The van der Waals surface area contributed by atoms with E-state index in [1.54, 1.807) is 4.90 Å². The molecule has 0 radical (unpaired) electrons. The van der Waals surface area contributed by atoms with Gasteiger partial charge in [-0.1, -0.05) is 12.2 Å². The summed E-state index contributed by atoms with van der Waals surface area (Å²) in [5.41, 5.74) is 0. The minimum atomic E-state index is -0.161. The highest BCUT2D eigenvalue weighted by Crippen LogP contribution is 2.27. The molecule has 1 atom stereocenters.